The van der Waals surface area contributed by atoms with E-state index in [0.717, 1.165) is 18.7 Å². The average Bonchev–Trinajstić information content (AvgIpc) is 3.19. The van der Waals surface area contributed by atoms with E-state index in [2.05, 4.69) is 25.9 Å². The fourth-order valence-corrected chi connectivity index (χ4v) is 2.47. The zero-order valence-electron chi connectivity index (χ0n) is 11.2. The van der Waals surface area contributed by atoms with Gasteiger partial charge < -0.3 is 9.47 Å². The van der Waals surface area contributed by atoms with Crippen molar-refractivity contribution < 1.29 is 4.79 Å². The minimum atomic E-state index is -0.0307. The quantitative estimate of drug-likeness (QED) is 0.806. The largest absolute Gasteiger partial charge is 0.337 e. The van der Waals surface area contributed by atoms with E-state index in [1.54, 1.807) is 12.3 Å². The van der Waals surface area contributed by atoms with Crippen LogP contribution in [0.15, 0.2) is 35.2 Å². The van der Waals surface area contributed by atoms with E-state index in [9.17, 15) is 4.79 Å². The highest BCUT2D eigenvalue weighted by atomic mass is 79.9. The summed E-state index contributed by atoms with van der Waals surface area (Å²) >= 11 is 3.31. The standard InChI is InChI=1S/C14H15BrN4O/c1-18-8-7-16-13(18)9-19(10-5-6-10)14(20)11-3-2-4-12(15)17-11/h2-4,7-8,10H,5-6,9H2,1H3. The number of nitrogens with zero attached hydrogens (tertiary/aromatic N) is 4. The molecule has 1 aliphatic carbocycles. The number of hydrogen-bond donors (Lipinski definition) is 0. The average molecular weight is 335 g/mol. The summed E-state index contributed by atoms with van der Waals surface area (Å²) in [5.74, 6) is 0.858. The van der Waals surface area contributed by atoms with Crippen molar-refractivity contribution in [2.75, 3.05) is 0 Å². The molecule has 0 spiro atoms. The molecule has 0 saturated heterocycles. The number of pyridine rings is 1. The molecule has 0 atom stereocenters. The molecule has 20 heavy (non-hydrogen) atoms. The smallest absolute Gasteiger partial charge is 0.273 e. The van der Waals surface area contributed by atoms with E-state index < -0.39 is 0 Å². The van der Waals surface area contributed by atoms with Gasteiger partial charge in [0.15, 0.2) is 0 Å². The van der Waals surface area contributed by atoms with Crippen LogP contribution in [0.1, 0.15) is 29.2 Å². The first-order valence-corrected chi connectivity index (χ1v) is 7.34. The van der Waals surface area contributed by atoms with Gasteiger partial charge in [-0.05, 0) is 40.9 Å². The summed E-state index contributed by atoms with van der Waals surface area (Å²) in [5.41, 5.74) is 0.473. The Morgan fingerprint density at radius 3 is 2.90 bits per heavy atom. The molecule has 0 aromatic carbocycles. The number of halogens is 1. The Labute approximate surface area is 125 Å². The molecule has 6 heteroatoms. The lowest BCUT2D eigenvalue weighted by atomic mass is 10.3. The number of imidazole rings is 1. The third-order valence-corrected chi connectivity index (χ3v) is 3.86. The molecule has 2 heterocycles. The number of carbonyl (C=O) groups excluding carboxylic acids is 1. The molecule has 1 fully saturated rings. The highest BCUT2D eigenvalue weighted by molar-refractivity contribution is 9.10. The Hall–Kier alpha value is -1.69. The molecule has 0 aliphatic heterocycles. The molecule has 1 saturated carbocycles. The maximum absolute atomic E-state index is 12.6. The topological polar surface area (TPSA) is 51.0 Å². The van der Waals surface area contributed by atoms with Gasteiger partial charge in [-0.1, -0.05) is 6.07 Å². The van der Waals surface area contributed by atoms with Gasteiger partial charge in [0.05, 0.1) is 6.54 Å². The van der Waals surface area contributed by atoms with Crippen LogP contribution in [-0.2, 0) is 13.6 Å². The molecular formula is C14H15BrN4O. The maximum atomic E-state index is 12.6. The van der Waals surface area contributed by atoms with E-state index >= 15 is 0 Å². The summed E-state index contributed by atoms with van der Waals surface area (Å²) in [4.78, 5) is 23.0. The number of rotatable bonds is 4. The van der Waals surface area contributed by atoms with Crippen molar-refractivity contribution in [3.8, 4) is 0 Å². The Bertz CT molecular complexity index is 636. The van der Waals surface area contributed by atoms with Crippen LogP contribution in [-0.4, -0.2) is 31.4 Å². The van der Waals surface area contributed by atoms with Gasteiger partial charge in [0.25, 0.3) is 5.91 Å². The highest BCUT2D eigenvalue weighted by Gasteiger charge is 2.34. The van der Waals surface area contributed by atoms with Crippen molar-refractivity contribution in [1.82, 2.24) is 19.4 Å². The molecule has 1 amide bonds. The van der Waals surface area contributed by atoms with Crippen molar-refractivity contribution in [3.05, 3.63) is 46.7 Å². The third-order valence-electron chi connectivity index (χ3n) is 3.42. The van der Waals surface area contributed by atoms with E-state index in [0.29, 0.717) is 22.9 Å². The second-order valence-electron chi connectivity index (χ2n) is 4.96. The highest BCUT2D eigenvalue weighted by Crippen LogP contribution is 2.29. The van der Waals surface area contributed by atoms with Crippen LogP contribution in [0.25, 0.3) is 0 Å². The first-order chi connectivity index (χ1) is 9.65. The fourth-order valence-electron chi connectivity index (χ4n) is 2.13. The van der Waals surface area contributed by atoms with Gasteiger partial charge in [0, 0.05) is 25.5 Å². The summed E-state index contributed by atoms with van der Waals surface area (Å²) in [6, 6.07) is 5.72. The molecule has 104 valence electrons. The summed E-state index contributed by atoms with van der Waals surface area (Å²) < 4.78 is 2.62. The zero-order valence-corrected chi connectivity index (χ0v) is 12.7. The number of carbonyl (C=O) groups is 1. The molecule has 3 rings (SSSR count). The predicted molar refractivity (Wildman–Crippen MR) is 78.0 cm³/mol. The van der Waals surface area contributed by atoms with Gasteiger partial charge >= 0.3 is 0 Å². The van der Waals surface area contributed by atoms with Gasteiger partial charge in [0.2, 0.25) is 0 Å². The number of hydrogen-bond acceptors (Lipinski definition) is 3. The van der Waals surface area contributed by atoms with Crippen molar-refractivity contribution in [3.63, 3.8) is 0 Å². The first kappa shape index (κ1) is 13.3. The van der Waals surface area contributed by atoms with Crippen molar-refractivity contribution in [2.24, 2.45) is 7.05 Å². The SMILES string of the molecule is Cn1ccnc1CN(C(=O)c1cccc(Br)n1)C1CC1. The lowest BCUT2D eigenvalue weighted by molar-refractivity contribution is 0.0718. The molecule has 0 bridgehead atoms. The normalized spacial score (nSPS) is 14.3. The van der Waals surface area contributed by atoms with E-state index in [1.165, 1.54) is 0 Å². The molecule has 2 aromatic rings. The van der Waals surface area contributed by atoms with Crippen LogP contribution in [0.2, 0.25) is 0 Å². The third kappa shape index (κ3) is 2.75. The van der Waals surface area contributed by atoms with Crippen LogP contribution in [0.3, 0.4) is 0 Å². The minimum absolute atomic E-state index is 0.0307. The maximum Gasteiger partial charge on any atom is 0.273 e. The molecule has 0 N–H and O–H groups in total. The molecular weight excluding hydrogens is 320 g/mol. The fraction of sp³-hybridized carbons (Fsp3) is 0.357. The monoisotopic (exact) mass is 334 g/mol. The number of aromatic nitrogens is 3. The van der Waals surface area contributed by atoms with Crippen LogP contribution in [0.4, 0.5) is 0 Å². The van der Waals surface area contributed by atoms with Crippen LogP contribution >= 0.6 is 15.9 Å². The van der Waals surface area contributed by atoms with Crippen molar-refractivity contribution in [1.29, 1.82) is 0 Å². The summed E-state index contributed by atoms with van der Waals surface area (Å²) in [6.07, 6.45) is 5.76. The first-order valence-electron chi connectivity index (χ1n) is 6.55. The molecule has 0 radical (unpaired) electrons. The molecule has 2 aromatic heterocycles. The Balaban J connectivity index is 1.84. The minimum Gasteiger partial charge on any atom is -0.337 e. The Kier molecular flexibility index (Phi) is 3.56. The summed E-state index contributed by atoms with van der Waals surface area (Å²) in [5, 5.41) is 0. The molecule has 0 unspecified atom stereocenters. The molecule has 1 aliphatic rings. The van der Waals surface area contributed by atoms with Crippen molar-refractivity contribution >= 4 is 21.8 Å². The Morgan fingerprint density at radius 2 is 2.30 bits per heavy atom. The van der Waals surface area contributed by atoms with Gasteiger partial charge in [0.1, 0.15) is 16.1 Å². The lowest BCUT2D eigenvalue weighted by Crippen LogP contribution is -2.34. The van der Waals surface area contributed by atoms with Crippen LogP contribution in [0.5, 0.6) is 0 Å². The van der Waals surface area contributed by atoms with Gasteiger partial charge in [-0.15, -0.1) is 0 Å². The van der Waals surface area contributed by atoms with E-state index in [1.807, 2.05) is 34.8 Å². The summed E-state index contributed by atoms with van der Waals surface area (Å²) in [6.45, 7) is 0.529. The lowest BCUT2D eigenvalue weighted by Gasteiger charge is -2.21. The second-order valence-corrected chi connectivity index (χ2v) is 5.78. The van der Waals surface area contributed by atoms with Crippen LogP contribution in [0, 0.1) is 0 Å². The summed E-state index contributed by atoms with van der Waals surface area (Å²) in [7, 11) is 1.94. The predicted octanol–water partition coefficient (Wildman–Crippen LogP) is 2.38. The Morgan fingerprint density at radius 1 is 1.50 bits per heavy atom. The number of aryl methyl sites for hydroxylation is 1. The van der Waals surface area contributed by atoms with Crippen LogP contribution < -0.4 is 0 Å². The second kappa shape index (κ2) is 5.36. The van der Waals surface area contributed by atoms with E-state index in [-0.39, 0.29) is 5.91 Å². The van der Waals surface area contributed by atoms with E-state index in [4.69, 9.17) is 0 Å². The van der Waals surface area contributed by atoms with Gasteiger partial charge in [-0.2, -0.15) is 0 Å². The van der Waals surface area contributed by atoms with Gasteiger partial charge in [-0.25, -0.2) is 9.97 Å². The zero-order chi connectivity index (χ0) is 14.1. The number of amides is 1. The molecule has 5 nitrogen and oxygen atoms in total. The van der Waals surface area contributed by atoms with Crippen molar-refractivity contribution in [2.45, 2.75) is 25.4 Å². The van der Waals surface area contributed by atoms with Gasteiger partial charge in [-0.3, -0.25) is 4.79 Å².